The van der Waals surface area contributed by atoms with Crippen LogP contribution in [-0.2, 0) is 10.8 Å². The Bertz CT molecular complexity index is 6910. The van der Waals surface area contributed by atoms with Crippen LogP contribution in [0.1, 0.15) is 69.1 Å². The van der Waals surface area contributed by atoms with Crippen LogP contribution >= 0.6 is 0 Å². The summed E-state index contributed by atoms with van der Waals surface area (Å²) in [6, 6.07) is 82.8. The summed E-state index contributed by atoms with van der Waals surface area (Å²) in [5.74, 6) is 1.22. The standard InChI is InChI=1S/C97H70B2N4O/c1-96(2,3)66-55-75(63-31-12-7-13-32-63)95(76(56-66)64-33-14-8-15-34-64)103-85-48-27-23-44-79(85)99-81-59-80-86(60-90(81)104-91-54-65(53-87(103)94(91)99)70-40-28-41-74-71-37-18-21-42-77(71)97(4,5)92(70)74)101(68-51-49-62(50-52-68)61-29-10-6-11-30-61)89-58-69(102-82-45-24-19-38-72(82)73-39-20-25-46-83(73)102)57-88-93(89)98(80)78-43-22-26-47-84(78)100(88)67-35-16-9-17-36-67/h6-60H,1-5H3/i6D,10D,11D,19D,20D,24D,25D,29D,30D,38D,39D,45D,46D. The average Bonchev–Trinajstić information content (AvgIpc) is 1.28. The Morgan fingerprint density at radius 3 is 1.53 bits per heavy atom. The van der Waals surface area contributed by atoms with Crippen LogP contribution < -0.4 is 52.2 Å². The van der Waals surface area contributed by atoms with Crippen LogP contribution in [0.3, 0.4) is 0 Å². The van der Waals surface area contributed by atoms with Crippen LogP contribution in [0.4, 0.5) is 51.2 Å². The Morgan fingerprint density at radius 1 is 0.346 bits per heavy atom. The van der Waals surface area contributed by atoms with Crippen LogP contribution in [-0.4, -0.2) is 18.0 Å². The van der Waals surface area contributed by atoms with Crippen molar-refractivity contribution in [2.75, 3.05) is 14.7 Å². The van der Waals surface area contributed by atoms with Gasteiger partial charge in [0.1, 0.15) is 11.5 Å². The quantitative estimate of drug-likeness (QED) is 0.142. The van der Waals surface area contributed by atoms with E-state index in [0.29, 0.717) is 45.5 Å². The molecule has 0 amide bonds. The molecule has 21 rings (SSSR count). The largest absolute Gasteiger partial charge is 0.458 e. The summed E-state index contributed by atoms with van der Waals surface area (Å²) in [6.45, 7) is 10.4. The molecule has 490 valence electrons. The van der Waals surface area contributed by atoms with Gasteiger partial charge in [-0.1, -0.05) is 277 Å². The third-order valence-electron chi connectivity index (χ3n) is 22.2. The van der Waals surface area contributed by atoms with E-state index in [1.807, 2.05) is 60.7 Å². The highest BCUT2D eigenvalue weighted by Gasteiger charge is 2.49. The van der Waals surface area contributed by atoms with Crippen molar-refractivity contribution in [2.45, 2.75) is 45.4 Å². The normalized spacial score (nSPS) is 15.6. The lowest BCUT2D eigenvalue weighted by Gasteiger charge is -2.46. The third kappa shape index (κ3) is 8.89. The molecule has 5 aliphatic rings. The number of fused-ring (bicyclic) bond motifs is 14. The zero-order valence-electron chi connectivity index (χ0n) is 70.6. The molecular formula is C97H70B2N4O. The van der Waals surface area contributed by atoms with Crippen molar-refractivity contribution in [3.05, 3.63) is 350 Å². The molecular weight excluding hydrogens is 1260 g/mol. The Morgan fingerprint density at radius 2 is 0.875 bits per heavy atom. The van der Waals surface area contributed by atoms with Crippen LogP contribution in [0.5, 0.6) is 11.5 Å². The first kappa shape index (κ1) is 48.3. The number of rotatable bonds is 8. The minimum absolute atomic E-state index is 0.0240. The van der Waals surface area contributed by atoms with E-state index >= 15 is 0 Å². The first-order valence-corrected chi connectivity index (χ1v) is 35.5. The van der Waals surface area contributed by atoms with Crippen molar-refractivity contribution in [2.24, 2.45) is 0 Å². The Hall–Kier alpha value is -12.6. The number of nitrogens with zero attached hydrogens (tertiary/aromatic N) is 4. The van der Waals surface area contributed by atoms with Crippen LogP contribution in [0.15, 0.2) is 333 Å². The van der Waals surface area contributed by atoms with Gasteiger partial charge in [0.25, 0.3) is 13.4 Å². The van der Waals surface area contributed by atoms with Crippen LogP contribution in [0.2, 0.25) is 0 Å². The van der Waals surface area contributed by atoms with E-state index in [4.69, 9.17) is 11.6 Å². The minimum Gasteiger partial charge on any atom is -0.458 e. The zero-order chi connectivity index (χ0) is 80.6. The van der Waals surface area contributed by atoms with Gasteiger partial charge in [-0.05, 0) is 184 Å². The van der Waals surface area contributed by atoms with Crippen molar-refractivity contribution in [3.8, 4) is 72.8 Å². The van der Waals surface area contributed by atoms with Crippen molar-refractivity contribution < 1.29 is 22.6 Å². The van der Waals surface area contributed by atoms with Gasteiger partial charge in [0, 0.05) is 78.9 Å². The fourth-order valence-corrected chi connectivity index (χ4v) is 17.7. The van der Waals surface area contributed by atoms with Gasteiger partial charge in [0.05, 0.1) is 40.2 Å². The maximum atomic E-state index is 9.85. The molecule has 5 heterocycles. The van der Waals surface area contributed by atoms with E-state index < -0.39 is 85.3 Å². The number of hydrogen-bond donors (Lipinski definition) is 0. The fourth-order valence-electron chi connectivity index (χ4n) is 17.7. The summed E-state index contributed by atoms with van der Waals surface area (Å²) in [5.41, 5.74) is 24.9. The van der Waals surface area contributed by atoms with Gasteiger partial charge in [-0.2, -0.15) is 0 Å². The number of hydrogen-bond acceptors (Lipinski definition) is 4. The molecule has 0 fully saturated rings. The molecule has 0 radical (unpaired) electrons. The summed E-state index contributed by atoms with van der Waals surface area (Å²) in [7, 11) is 0. The molecule has 16 aromatic rings. The van der Waals surface area contributed by atoms with Crippen molar-refractivity contribution >= 4 is 119 Å². The zero-order valence-corrected chi connectivity index (χ0v) is 57.6. The van der Waals surface area contributed by atoms with Gasteiger partial charge in [-0.3, -0.25) is 0 Å². The second kappa shape index (κ2) is 22.7. The second-order valence-corrected chi connectivity index (χ2v) is 29.3. The average molecular weight is 1340 g/mol. The maximum Gasteiger partial charge on any atom is 0.256 e. The van der Waals surface area contributed by atoms with Crippen molar-refractivity contribution in [1.82, 2.24) is 4.57 Å². The lowest BCUT2D eigenvalue weighted by atomic mass is 9.30. The van der Waals surface area contributed by atoms with Crippen molar-refractivity contribution in [3.63, 3.8) is 0 Å². The molecule has 104 heavy (non-hydrogen) atoms. The molecule has 0 saturated carbocycles. The molecule has 1 aliphatic carbocycles. The Balaban J connectivity index is 0.883. The predicted molar refractivity (Wildman–Crippen MR) is 439 cm³/mol. The number of benzene rings is 15. The molecule has 5 nitrogen and oxygen atoms in total. The third-order valence-corrected chi connectivity index (χ3v) is 22.2. The van der Waals surface area contributed by atoms with Gasteiger partial charge in [-0.25, -0.2) is 0 Å². The van der Waals surface area contributed by atoms with Crippen LogP contribution in [0, 0.1) is 0 Å². The van der Waals surface area contributed by atoms with E-state index in [1.165, 1.54) is 27.8 Å². The van der Waals surface area contributed by atoms with E-state index in [1.54, 1.807) is 16.7 Å². The fraction of sp³-hybridized carbons (Fsp3) is 0.0722. The summed E-state index contributed by atoms with van der Waals surface area (Å²) in [6.07, 6.45) is 0. The second-order valence-electron chi connectivity index (χ2n) is 29.3. The highest BCUT2D eigenvalue weighted by molar-refractivity contribution is 7.02. The summed E-state index contributed by atoms with van der Waals surface area (Å²) >= 11 is 0. The van der Waals surface area contributed by atoms with Gasteiger partial charge in [-0.15, -0.1) is 0 Å². The van der Waals surface area contributed by atoms with E-state index in [-0.39, 0.29) is 44.9 Å². The SMILES string of the molecule is [2H]c1c([2H])c([2H])c(-c2ccc(N3c4cc5c(cc4B4c6ccccc6N(c6ccccc6)c6cc(-n7c8c([2H])c([2H])c([2H])c([2H])c8c8c([2H])c([2H])c([2H])c([2H])c87)cc3c64)B3c4ccccc4N(c4c(-c6ccccc6)cc(C(C)(C)C)cc4-c4ccccc4)c4cc(-c6cccc7c6C(C)(C)c6ccccc6-7)cc(c43)O5)cc2)c([2H])c1[2H]. The first-order chi connectivity index (χ1) is 56.4. The molecule has 0 N–H and O–H groups in total. The lowest BCUT2D eigenvalue weighted by molar-refractivity contribution is 0.488. The summed E-state index contributed by atoms with van der Waals surface area (Å²) in [5, 5.41) is -0.134. The van der Waals surface area contributed by atoms with Gasteiger partial charge < -0.3 is 24.0 Å². The summed E-state index contributed by atoms with van der Waals surface area (Å²) in [4.78, 5) is 6.84. The topological polar surface area (TPSA) is 23.9 Å². The van der Waals surface area contributed by atoms with E-state index in [2.05, 4.69) is 231 Å². The molecule has 7 heteroatoms. The first-order valence-electron chi connectivity index (χ1n) is 42.0. The number of ether oxygens (including phenoxy) is 1. The molecule has 0 saturated heterocycles. The molecule has 0 bridgehead atoms. The summed E-state index contributed by atoms with van der Waals surface area (Å²) < 4.78 is 130. The van der Waals surface area contributed by atoms with Gasteiger partial charge in [0.15, 0.2) is 0 Å². The van der Waals surface area contributed by atoms with Crippen LogP contribution in [0.25, 0.3) is 83.1 Å². The molecule has 1 aromatic heterocycles. The lowest BCUT2D eigenvalue weighted by Crippen LogP contribution is -2.64. The highest BCUT2D eigenvalue weighted by atomic mass is 16.5. The Kier molecular flexibility index (Phi) is 10.5. The smallest absolute Gasteiger partial charge is 0.256 e. The minimum atomic E-state index is -0.579. The number of aromatic nitrogens is 1. The maximum absolute atomic E-state index is 9.85. The Labute approximate surface area is 626 Å². The number of anilines is 9. The predicted octanol–water partition coefficient (Wildman–Crippen LogP) is 21.5. The molecule has 0 spiro atoms. The van der Waals surface area contributed by atoms with Gasteiger partial charge >= 0.3 is 0 Å². The van der Waals surface area contributed by atoms with E-state index in [0.717, 1.165) is 94.6 Å². The van der Waals surface area contributed by atoms with Gasteiger partial charge in [0.2, 0.25) is 0 Å². The molecule has 4 aliphatic heterocycles. The number of para-hydroxylation sites is 5. The van der Waals surface area contributed by atoms with E-state index in [9.17, 15) is 11.0 Å². The molecule has 15 aromatic carbocycles. The van der Waals surface area contributed by atoms with Crippen molar-refractivity contribution in [1.29, 1.82) is 0 Å². The monoisotopic (exact) mass is 1340 g/mol. The molecule has 0 unspecified atom stereocenters. The highest BCUT2D eigenvalue weighted by Crippen LogP contribution is 2.56. The molecule has 0 atom stereocenters.